The summed E-state index contributed by atoms with van der Waals surface area (Å²) in [5.41, 5.74) is 3.31. The highest BCUT2D eigenvalue weighted by Crippen LogP contribution is 2.27. The minimum Gasteiger partial charge on any atom is -0.296 e. The molecule has 5 heteroatoms. The van der Waals surface area contributed by atoms with Gasteiger partial charge in [0.25, 0.3) is 5.56 Å². The van der Waals surface area contributed by atoms with Crippen molar-refractivity contribution < 1.29 is 0 Å². The van der Waals surface area contributed by atoms with Crippen molar-refractivity contribution in [3.05, 3.63) is 62.4 Å². The van der Waals surface area contributed by atoms with Gasteiger partial charge in [0.1, 0.15) is 0 Å². The molecule has 1 aromatic carbocycles. The Labute approximate surface area is 127 Å². The molecule has 0 aliphatic rings. The van der Waals surface area contributed by atoms with Crippen molar-refractivity contribution in [3.8, 4) is 11.3 Å². The molecule has 0 amide bonds. The molecule has 112 valence electrons. The lowest BCUT2D eigenvalue weighted by molar-refractivity contribution is 0.713. The highest BCUT2D eigenvalue weighted by atomic mass is 16.2. The molecule has 3 aromatic rings. The van der Waals surface area contributed by atoms with Gasteiger partial charge in [-0.05, 0) is 25.5 Å². The Bertz CT molecular complexity index is 1010. The van der Waals surface area contributed by atoms with Gasteiger partial charge in [0.05, 0.1) is 16.6 Å². The van der Waals surface area contributed by atoms with Crippen LogP contribution in [-0.4, -0.2) is 14.1 Å². The molecule has 0 spiro atoms. The van der Waals surface area contributed by atoms with Gasteiger partial charge in [-0.3, -0.25) is 18.9 Å². The van der Waals surface area contributed by atoms with Crippen molar-refractivity contribution in [2.24, 2.45) is 14.1 Å². The van der Waals surface area contributed by atoms with Crippen LogP contribution in [0.25, 0.3) is 22.2 Å². The molecule has 0 bridgehead atoms. The summed E-state index contributed by atoms with van der Waals surface area (Å²) in [6.07, 6.45) is 0. The zero-order chi connectivity index (χ0) is 16.0. The van der Waals surface area contributed by atoms with Gasteiger partial charge < -0.3 is 0 Å². The van der Waals surface area contributed by atoms with Crippen LogP contribution in [0.15, 0.2) is 39.9 Å². The molecule has 0 aliphatic heterocycles. The first-order chi connectivity index (χ1) is 10.4. The van der Waals surface area contributed by atoms with Crippen LogP contribution in [0.1, 0.15) is 11.3 Å². The van der Waals surface area contributed by atoms with Crippen molar-refractivity contribution in [3.63, 3.8) is 0 Å². The minimum absolute atomic E-state index is 0.316. The Morgan fingerprint density at radius 2 is 1.68 bits per heavy atom. The van der Waals surface area contributed by atoms with E-state index in [9.17, 15) is 9.59 Å². The fourth-order valence-corrected chi connectivity index (χ4v) is 2.75. The van der Waals surface area contributed by atoms with Crippen molar-refractivity contribution in [2.75, 3.05) is 0 Å². The Morgan fingerprint density at radius 3 is 2.36 bits per heavy atom. The van der Waals surface area contributed by atoms with Crippen LogP contribution in [0.4, 0.5) is 0 Å². The van der Waals surface area contributed by atoms with Crippen molar-refractivity contribution >= 4 is 10.9 Å². The van der Waals surface area contributed by atoms with Gasteiger partial charge in [-0.25, -0.2) is 4.79 Å². The number of pyridine rings is 1. The van der Waals surface area contributed by atoms with E-state index in [4.69, 9.17) is 0 Å². The van der Waals surface area contributed by atoms with Crippen molar-refractivity contribution in [1.29, 1.82) is 0 Å². The molecule has 0 N–H and O–H groups in total. The number of hydrogen-bond acceptors (Lipinski definition) is 3. The minimum atomic E-state index is -0.334. The largest absolute Gasteiger partial charge is 0.330 e. The summed E-state index contributed by atoms with van der Waals surface area (Å²) in [5, 5.41) is 0.476. The molecule has 3 rings (SSSR count). The summed E-state index contributed by atoms with van der Waals surface area (Å²) in [4.78, 5) is 29.3. The van der Waals surface area contributed by atoms with Crippen LogP contribution in [-0.2, 0) is 14.1 Å². The Morgan fingerprint density at radius 1 is 1.00 bits per heavy atom. The van der Waals surface area contributed by atoms with E-state index in [1.807, 2.05) is 38.1 Å². The van der Waals surface area contributed by atoms with E-state index in [0.717, 1.165) is 21.4 Å². The maximum Gasteiger partial charge on any atom is 0.330 e. The number of aromatic nitrogens is 3. The zero-order valence-electron chi connectivity index (χ0n) is 13.0. The van der Waals surface area contributed by atoms with Crippen molar-refractivity contribution in [1.82, 2.24) is 14.1 Å². The summed E-state index contributed by atoms with van der Waals surface area (Å²) < 4.78 is 2.62. The van der Waals surface area contributed by atoms with Crippen LogP contribution in [0.5, 0.6) is 0 Å². The molecule has 0 saturated carbocycles. The van der Waals surface area contributed by atoms with E-state index in [-0.39, 0.29) is 11.2 Å². The molecular weight excluding hydrogens is 278 g/mol. The molecule has 0 saturated heterocycles. The second kappa shape index (κ2) is 4.94. The van der Waals surface area contributed by atoms with Crippen LogP contribution in [0.2, 0.25) is 0 Å². The molecule has 0 radical (unpaired) electrons. The summed E-state index contributed by atoms with van der Waals surface area (Å²) in [7, 11) is 3.16. The number of benzene rings is 1. The maximum absolute atomic E-state index is 12.6. The van der Waals surface area contributed by atoms with Gasteiger partial charge in [0, 0.05) is 25.4 Å². The molecule has 5 nitrogen and oxygen atoms in total. The number of fused-ring (bicyclic) bond motifs is 1. The summed E-state index contributed by atoms with van der Waals surface area (Å²) >= 11 is 0. The predicted octanol–water partition coefficient (Wildman–Crippen LogP) is 1.92. The fourth-order valence-electron chi connectivity index (χ4n) is 2.75. The predicted molar refractivity (Wildman–Crippen MR) is 87.1 cm³/mol. The quantitative estimate of drug-likeness (QED) is 0.689. The summed E-state index contributed by atoms with van der Waals surface area (Å²) in [6.45, 7) is 3.85. The van der Waals surface area contributed by atoms with E-state index in [1.54, 1.807) is 13.1 Å². The maximum atomic E-state index is 12.6. The van der Waals surface area contributed by atoms with E-state index in [1.165, 1.54) is 11.6 Å². The highest BCUT2D eigenvalue weighted by Gasteiger charge is 2.16. The lowest BCUT2D eigenvalue weighted by atomic mass is 10.0. The SMILES string of the molecule is Cc1cc2c(c(-c3ccccc3C)n1)c(=O)n(C)c(=O)n2C. The third-order valence-corrected chi connectivity index (χ3v) is 3.98. The third-order valence-electron chi connectivity index (χ3n) is 3.98. The second-order valence-corrected chi connectivity index (χ2v) is 5.53. The average Bonchev–Trinajstić information content (AvgIpc) is 2.50. The van der Waals surface area contributed by atoms with E-state index >= 15 is 0 Å². The molecule has 22 heavy (non-hydrogen) atoms. The molecule has 2 aromatic heterocycles. The monoisotopic (exact) mass is 295 g/mol. The topological polar surface area (TPSA) is 56.9 Å². The smallest absolute Gasteiger partial charge is 0.296 e. The molecular formula is C17H17N3O2. The first-order valence-corrected chi connectivity index (χ1v) is 7.05. The van der Waals surface area contributed by atoms with Gasteiger partial charge in [-0.15, -0.1) is 0 Å². The van der Waals surface area contributed by atoms with E-state index < -0.39 is 0 Å². The number of hydrogen-bond donors (Lipinski definition) is 0. The molecule has 0 unspecified atom stereocenters. The van der Waals surface area contributed by atoms with E-state index in [0.29, 0.717) is 16.6 Å². The fraction of sp³-hybridized carbons (Fsp3) is 0.235. The molecule has 0 atom stereocenters. The standard InChI is InChI=1S/C17H17N3O2/c1-10-7-5-6-8-12(10)15-14-13(9-11(2)18-15)19(3)17(22)20(4)16(14)21/h5-9H,1-4H3. The number of nitrogens with zero attached hydrogens (tertiary/aromatic N) is 3. The summed E-state index contributed by atoms with van der Waals surface area (Å²) in [5.74, 6) is 0. The first kappa shape index (κ1) is 14.3. The van der Waals surface area contributed by atoms with Gasteiger partial charge in [-0.1, -0.05) is 24.3 Å². The van der Waals surface area contributed by atoms with Gasteiger partial charge >= 0.3 is 5.69 Å². The first-order valence-electron chi connectivity index (χ1n) is 7.05. The van der Waals surface area contributed by atoms with Crippen LogP contribution >= 0.6 is 0 Å². The van der Waals surface area contributed by atoms with Crippen LogP contribution < -0.4 is 11.2 Å². The van der Waals surface area contributed by atoms with Crippen LogP contribution in [0.3, 0.4) is 0 Å². The Hall–Kier alpha value is -2.69. The normalized spacial score (nSPS) is 11.1. The van der Waals surface area contributed by atoms with Gasteiger partial charge in [0.2, 0.25) is 0 Å². The lowest BCUT2D eigenvalue weighted by Crippen LogP contribution is -2.37. The Balaban J connectivity index is 2.60. The third kappa shape index (κ3) is 1.97. The highest BCUT2D eigenvalue weighted by molar-refractivity contribution is 5.93. The second-order valence-electron chi connectivity index (χ2n) is 5.53. The Kier molecular flexibility index (Phi) is 3.20. The number of rotatable bonds is 1. The number of aryl methyl sites for hydroxylation is 3. The molecule has 0 fully saturated rings. The zero-order valence-corrected chi connectivity index (χ0v) is 13.0. The van der Waals surface area contributed by atoms with Crippen LogP contribution in [0, 0.1) is 13.8 Å². The van der Waals surface area contributed by atoms with E-state index in [2.05, 4.69) is 4.98 Å². The molecule has 2 heterocycles. The molecule has 0 aliphatic carbocycles. The summed E-state index contributed by atoms with van der Waals surface area (Å²) in [6, 6.07) is 9.58. The van der Waals surface area contributed by atoms with Gasteiger partial charge in [0.15, 0.2) is 0 Å². The lowest BCUT2D eigenvalue weighted by Gasteiger charge is -2.13. The van der Waals surface area contributed by atoms with Crippen molar-refractivity contribution in [2.45, 2.75) is 13.8 Å². The average molecular weight is 295 g/mol. The van der Waals surface area contributed by atoms with Gasteiger partial charge in [-0.2, -0.15) is 0 Å².